The minimum atomic E-state index is -0.283. The van der Waals surface area contributed by atoms with Gasteiger partial charge in [-0.1, -0.05) is 11.8 Å². The molecule has 158 valence electrons. The molecule has 0 spiro atoms. The number of halogens is 1. The van der Waals surface area contributed by atoms with Crippen molar-refractivity contribution in [3.63, 3.8) is 0 Å². The number of pyridine rings is 1. The summed E-state index contributed by atoms with van der Waals surface area (Å²) in [6.45, 7) is 3.03. The number of hydrogen-bond donors (Lipinski definition) is 0. The summed E-state index contributed by atoms with van der Waals surface area (Å²) in [7, 11) is 0. The number of thioether (sulfide) groups is 1. The van der Waals surface area contributed by atoms with Gasteiger partial charge in [-0.05, 0) is 67.6 Å². The standard InChI is InChI=1S/C23H21FN4O2S/c1-2-29-20-9-5-19(6-10-20)28-22(17-11-13-25-14-12-17)26-27-23(28)31-16-15-30-21-7-3-18(24)4-8-21/h3-14H,2,15-16H2,1H3. The maximum Gasteiger partial charge on any atom is 0.196 e. The van der Waals surface area contributed by atoms with E-state index in [9.17, 15) is 4.39 Å². The first-order valence-corrected chi connectivity index (χ1v) is 10.8. The van der Waals surface area contributed by atoms with Gasteiger partial charge in [-0.3, -0.25) is 9.55 Å². The van der Waals surface area contributed by atoms with Gasteiger partial charge in [0, 0.05) is 29.4 Å². The second-order valence-corrected chi connectivity index (χ2v) is 7.52. The van der Waals surface area contributed by atoms with Crippen LogP contribution in [0.2, 0.25) is 0 Å². The van der Waals surface area contributed by atoms with Crippen molar-refractivity contribution in [3.05, 3.63) is 78.9 Å². The van der Waals surface area contributed by atoms with Crippen LogP contribution in [-0.2, 0) is 0 Å². The van der Waals surface area contributed by atoms with Gasteiger partial charge in [0.25, 0.3) is 0 Å². The molecule has 0 amide bonds. The second-order valence-electron chi connectivity index (χ2n) is 6.46. The monoisotopic (exact) mass is 436 g/mol. The van der Waals surface area contributed by atoms with Crippen molar-refractivity contribution in [2.24, 2.45) is 0 Å². The minimum absolute atomic E-state index is 0.283. The van der Waals surface area contributed by atoms with Crippen LogP contribution in [0.15, 0.2) is 78.2 Å². The average Bonchev–Trinajstić information content (AvgIpc) is 3.23. The van der Waals surface area contributed by atoms with Gasteiger partial charge in [-0.2, -0.15) is 0 Å². The van der Waals surface area contributed by atoms with E-state index in [0.29, 0.717) is 24.7 Å². The van der Waals surface area contributed by atoms with E-state index < -0.39 is 0 Å². The lowest BCUT2D eigenvalue weighted by molar-refractivity contribution is 0.340. The first kappa shape index (κ1) is 20.9. The third-order valence-corrected chi connectivity index (χ3v) is 5.27. The van der Waals surface area contributed by atoms with E-state index in [1.807, 2.05) is 47.9 Å². The van der Waals surface area contributed by atoms with Crippen molar-refractivity contribution in [2.75, 3.05) is 19.0 Å². The zero-order valence-corrected chi connectivity index (χ0v) is 17.8. The number of nitrogens with zero attached hydrogens (tertiary/aromatic N) is 4. The average molecular weight is 437 g/mol. The molecule has 0 aliphatic heterocycles. The fourth-order valence-corrected chi connectivity index (χ4v) is 3.73. The number of rotatable bonds is 9. The second kappa shape index (κ2) is 10.1. The fourth-order valence-electron chi connectivity index (χ4n) is 2.97. The third-order valence-electron chi connectivity index (χ3n) is 4.37. The summed E-state index contributed by atoms with van der Waals surface area (Å²) in [5.74, 6) is 2.55. The summed E-state index contributed by atoms with van der Waals surface area (Å²) in [6.07, 6.45) is 3.46. The Balaban J connectivity index is 1.54. The Kier molecular flexibility index (Phi) is 6.78. The van der Waals surface area contributed by atoms with E-state index in [-0.39, 0.29) is 5.82 Å². The maximum atomic E-state index is 13.0. The molecule has 2 aromatic heterocycles. The van der Waals surface area contributed by atoms with Crippen molar-refractivity contribution < 1.29 is 13.9 Å². The van der Waals surface area contributed by atoms with Crippen LogP contribution in [0.25, 0.3) is 17.1 Å². The smallest absolute Gasteiger partial charge is 0.196 e. The highest BCUT2D eigenvalue weighted by molar-refractivity contribution is 7.99. The van der Waals surface area contributed by atoms with Gasteiger partial charge in [0.05, 0.1) is 13.2 Å². The van der Waals surface area contributed by atoms with Gasteiger partial charge in [0.15, 0.2) is 11.0 Å². The molecular weight excluding hydrogens is 415 g/mol. The van der Waals surface area contributed by atoms with Crippen molar-refractivity contribution in [1.82, 2.24) is 19.7 Å². The van der Waals surface area contributed by atoms with Gasteiger partial charge in [0.2, 0.25) is 0 Å². The van der Waals surface area contributed by atoms with Gasteiger partial charge < -0.3 is 9.47 Å². The van der Waals surface area contributed by atoms with Crippen molar-refractivity contribution in [2.45, 2.75) is 12.1 Å². The molecule has 4 aromatic rings. The van der Waals surface area contributed by atoms with Crippen LogP contribution in [0, 0.1) is 5.82 Å². The Morgan fingerprint density at radius 3 is 2.26 bits per heavy atom. The maximum absolute atomic E-state index is 13.0. The molecule has 6 nitrogen and oxygen atoms in total. The molecule has 8 heteroatoms. The van der Waals surface area contributed by atoms with Crippen LogP contribution >= 0.6 is 11.8 Å². The topological polar surface area (TPSA) is 62.1 Å². The molecule has 2 aromatic carbocycles. The van der Waals surface area contributed by atoms with Crippen LogP contribution in [0.5, 0.6) is 11.5 Å². The van der Waals surface area contributed by atoms with Crippen LogP contribution in [0.1, 0.15) is 6.92 Å². The number of hydrogen-bond acceptors (Lipinski definition) is 6. The van der Waals surface area contributed by atoms with Gasteiger partial charge in [-0.15, -0.1) is 10.2 Å². The molecule has 2 heterocycles. The van der Waals surface area contributed by atoms with Crippen molar-refractivity contribution >= 4 is 11.8 Å². The van der Waals surface area contributed by atoms with Gasteiger partial charge >= 0.3 is 0 Å². The fraction of sp³-hybridized carbons (Fsp3) is 0.174. The zero-order chi connectivity index (χ0) is 21.5. The van der Waals surface area contributed by atoms with E-state index in [0.717, 1.165) is 28.0 Å². The predicted molar refractivity (Wildman–Crippen MR) is 118 cm³/mol. The Bertz CT molecular complexity index is 1100. The van der Waals surface area contributed by atoms with Gasteiger partial charge in [0.1, 0.15) is 17.3 Å². The molecule has 0 N–H and O–H groups in total. The molecule has 0 atom stereocenters. The zero-order valence-electron chi connectivity index (χ0n) is 16.9. The van der Waals surface area contributed by atoms with E-state index in [4.69, 9.17) is 9.47 Å². The normalized spacial score (nSPS) is 10.8. The summed E-state index contributed by atoms with van der Waals surface area (Å²) in [4.78, 5) is 4.09. The van der Waals surface area contributed by atoms with E-state index >= 15 is 0 Å². The molecule has 0 radical (unpaired) electrons. The van der Waals surface area contributed by atoms with Crippen LogP contribution in [0.4, 0.5) is 4.39 Å². The molecule has 4 rings (SSSR count). The van der Waals surface area contributed by atoms with Crippen molar-refractivity contribution in [3.8, 4) is 28.6 Å². The quantitative estimate of drug-likeness (QED) is 0.271. The third kappa shape index (κ3) is 5.21. The number of ether oxygens (including phenoxy) is 2. The summed E-state index contributed by atoms with van der Waals surface area (Å²) in [5, 5.41) is 9.57. The molecule has 0 saturated heterocycles. The molecule has 0 aliphatic rings. The van der Waals surface area contributed by atoms with Crippen molar-refractivity contribution in [1.29, 1.82) is 0 Å². The van der Waals surface area contributed by atoms with E-state index in [2.05, 4.69) is 15.2 Å². The summed E-state index contributed by atoms with van der Waals surface area (Å²) < 4.78 is 26.3. The highest BCUT2D eigenvalue weighted by Crippen LogP contribution is 2.28. The van der Waals surface area contributed by atoms with Crippen LogP contribution in [0.3, 0.4) is 0 Å². The highest BCUT2D eigenvalue weighted by atomic mass is 32.2. The lowest BCUT2D eigenvalue weighted by Crippen LogP contribution is -2.03. The van der Waals surface area contributed by atoms with E-state index in [1.165, 1.54) is 23.9 Å². The summed E-state index contributed by atoms with van der Waals surface area (Å²) in [6, 6.07) is 17.6. The lowest BCUT2D eigenvalue weighted by atomic mass is 10.2. The summed E-state index contributed by atoms with van der Waals surface area (Å²) >= 11 is 1.54. The lowest BCUT2D eigenvalue weighted by Gasteiger charge is -2.12. The summed E-state index contributed by atoms with van der Waals surface area (Å²) in [5.41, 5.74) is 1.85. The largest absolute Gasteiger partial charge is 0.494 e. The highest BCUT2D eigenvalue weighted by Gasteiger charge is 2.16. The SMILES string of the molecule is CCOc1ccc(-n2c(SCCOc3ccc(F)cc3)nnc2-c2ccncc2)cc1. The van der Waals surface area contributed by atoms with Crippen LogP contribution in [-0.4, -0.2) is 38.7 Å². The Labute approximate surface area is 184 Å². The molecule has 0 fully saturated rings. The van der Waals surface area contributed by atoms with E-state index in [1.54, 1.807) is 24.5 Å². The molecule has 0 aliphatic carbocycles. The van der Waals surface area contributed by atoms with Crippen LogP contribution < -0.4 is 9.47 Å². The Morgan fingerprint density at radius 2 is 1.55 bits per heavy atom. The Morgan fingerprint density at radius 1 is 0.871 bits per heavy atom. The predicted octanol–water partition coefficient (Wildman–Crippen LogP) is 5.04. The Hall–Kier alpha value is -3.39. The van der Waals surface area contributed by atoms with Gasteiger partial charge in [-0.25, -0.2) is 4.39 Å². The first-order valence-electron chi connectivity index (χ1n) is 9.85. The molecule has 0 unspecified atom stereocenters. The molecule has 31 heavy (non-hydrogen) atoms. The minimum Gasteiger partial charge on any atom is -0.494 e. The first-order chi connectivity index (χ1) is 15.2. The number of benzene rings is 2. The number of aromatic nitrogens is 4. The molecule has 0 saturated carbocycles. The molecule has 0 bridgehead atoms. The molecular formula is C23H21FN4O2S.